The Morgan fingerprint density at radius 1 is 1.30 bits per heavy atom. The molecule has 0 fully saturated rings. The van der Waals surface area contributed by atoms with E-state index >= 15 is 0 Å². The molecule has 1 N–H and O–H groups in total. The van der Waals surface area contributed by atoms with E-state index in [9.17, 15) is 0 Å². The first-order valence-electron chi connectivity index (χ1n) is 3.53. The van der Waals surface area contributed by atoms with Crippen molar-refractivity contribution in [3.63, 3.8) is 0 Å². The second kappa shape index (κ2) is 2.54. The van der Waals surface area contributed by atoms with E-state index < -0.39 is 0 Å². The second-order valence-electron chi connectivity index (χ2n) is 2.40. The molecule has 1 aliphatic heterocycles. The Kier molecular flexibility index (Phi) is 1.55. The third kappa shape index (κ3) is 0.991. The van der Waals surface area contributed by atoms with Crippen molar-refractivity contribution in [3.8, 4) is 0 Å². The Balaban J connectivity index is 2.41. The largest absolute Gasteiger partial charge is 0.383 e. The Labute approximate surface area is 64.8 Å². The van der Waals surface area contributed by atoms with Gasteiger partial charge < -0.3 is 5.32 Å². The highest BCUT2D eigenvalue weighted by Gasteiger charge is 2.03. The van der Waals surface area contributed by atoms with Crippen LogP contribution in [0.25, 0.3) is 0 Å². The lowest BCUT2D eigenvalue weighted by atomic mass is 10.3. The van der Waals surface area contributed by atoms with Gasteiger partial charge in [-0.15, -0.1) is 0 Å². The quantitative estimate of drug-likeness (QED) is 0.598. The van der Waals surface area contributed by atoms with Crippen molar-refractivity contribution in [3.05, 3.63) is 24.3 Å². The Morgan fingerprint density at radius 3 is 3.10 bits per heavy atom. The van der Waals surface area contributed by atoms with Gasteiger partial charge in [0.05, 0.1) is 0 Å². The smallest absolute Gasteiger partial charge is 0.0459 e. The van der Waals surface area contributed by atoms with Gasteiger partial charge in [0, 0.05) is 17.1 Å². The van der Waals surface area contributed by atoms with Crippen molar-refractivity contribution in [2.24, 2.45) is 0 Å². The van der Waals surface area contributed by atoms with Crippen LogP contribution >= 0.6 is 11.8 Å². The molecule has 0 aliphatic carbocycles. The molecule has 1 nitrogen and oxygen atoms in total. The summed E-state index contributed by atoms with van der Waals surface area (Å²) in [4.78, 5) is 1.49. The molecule has 10 heavy (non-hydrogen) atoms. The van der Waals surface area contributed by atoms with Crippen molar-refractivity contribution in [1.82, 2.24) is 0 Å². The van der Waals surface area contributed by atoms with Gasteiger partial charge in [0.1, 0.15) is 0 Å². The molecular formula is C8H11NS. The van der Waals surface area contributed by atoms with Gasteiger partial charge in [-0.2, -0.15) is 0 Å². The van der Waals surface area contributed by atoms with Crippen LogP contribution in [-0.2, 0) is 0 Å². The summed E-state index contributed by atoms with van der Waals surface area (Å²) in [6.07, 6.45) is 0. The number of fused-ring (bicyclic) bond motifs is 1. The van der Waals surface area contributed by atoms with Crippen LogP contribution in [0.5, 0.6) is 0 Å². The predicted molar refractivity (Wildman–Crippen MR) is 48.4 cm³/mol. The van der Waals surface area contributed by atoms with Crippen LogP contribution < -0.4 is 5.32 Å². The van der Waals surface area contributed by atoms with E-state index in [1.165, 1.54) is 16.3 Å². The summed E-state index contributed by atoms with van der Waals surface area (Å²) in [5, 5.41) is 3.37. The van der Waals surface area contributed by atoms with Crippen molar-refractivity contribution in [2.75, 3.05) is 17.6 Å². The number of benzene rings is 1. The highest BCUT2D eigenvalue weighted by molar-refractivity contribution is 7.99. The lowest BCUT2D eigenvalue weighted by Gasteiger charge is -2.18. The zero-order valence-electron chi connectivity index (χ0n) is 5.72. The summed E-state index contributed by atoms with van der Waals surface area (Å²) in [6, 6.07) is 8.56. The number of hydrogen-bond donors (Lipinski definition) is 1. The Hall–Kier alpha value is -0.630. The minimum absolute atomic E-state index is 1.01. The van der Waals surface area contributed by atoms with Gasteiger partial charge in [-0.3, -0.25) is 0 Å². The first-order valence-corrected chi connectivity index (χ1v) is 4.74. The van der Waals surface area contributed by atoms with Crippen LogP contribution in [0.15, 0.2) is 29.2 Å². The van der Waals surface area contributed by atoms with E-state index in [1.54, 1.807) is 0 Å². The molecule has 0 atom stereocenters. The lowest BCUT2D eigenvalue weighted by molar-refractivity contribution is 1.17. The number of nitrogens with one attached hydrogen (secondary N) is 1. The summed E-state index contributed by atoms with van der Waals surface area (Å²) in [7, 11) is 0. The zero-order chi connectivity index (χ0) is 6.81. The summed E-state index contributed by atoms with van der Waals surface area (Å²) in [6.45, 7) is 1.15. The second-order valence-corrected chi connectivity index (χ2v) is 3.79. The average Bonchev–Trinajstić information content (AvgIpc) is 2.05. The maximum Gasteiger partial charge on any atom is 0.0459 e. The first kappa shape index (κ1) is 6.10. The van der Waals surface area contributed by atoms with Gasteiger partial charge >= 0.3 is 0 Å². The van der Waals surface area contributed by atoms with Crippen LogP contribution in [-0.4, -0.2) is 12.3 Å². The van der Waals surface area contributed by atoms with Crippen LogP contribution in [0.4, 0.5) is 5.69 Å². The van der Waals surface area contributed by atoms with Gasteiger partial charge in [0.2, 0.25) is 0 Å². The van der Waals surface area contributed by atoms with Crippen LogP contribution in [0.3, 0.4) is 0 Å². The van der Waals surface area contributed by atoms with E-state index in [2.05, 4.69) is 29.6 Å². The van der Waals surface area contributed by atoms with Crippen molar-refractivity contribution >= 4 is 17.4 Å². The van der Waals surface area contributed by atoms with Crippen molar-refractivity contribution in [2.45, 2.75) is 4.90 Å². The fourth-order valence-electron chi connectivity index (χ4n) is 1.19. The molecule has 0 saturated heterocycles. The number of rotatable bonds is 0. The van der Waals surface area contributed by atoms with Gasteiger partial charge in [0.25, 0.3) is 0 Å². The van der Waals surface area contributed by atoms with Crippen LogP contribution in [0.1, 0.15) is 0 Å². The molecule has 0 bridgehead atoms. The fourth-order valence-corrected chi connectivity index (χ4v) is 2.28. The van der Waals surface area contributed by atoms with Crippen molar-refractivity contribution < 1.29 is 0 Å². The molecule has 1 heterocycles. The van der Waals surface area contributed by atoms with Crippen LogP contribution in [0.2, 0.25) is 0 Å². The molecule has 0 spiro atoms. The summed E-state index contributed by atoms with van der Waals surface area (Å²) < 4.78 is 0. The molecule has 2 heteroatoms. The number of anilines is 1. The third-order valence-electron chi connectivity index (χ3n) is 1.68. The van der Waals surface area contributed by atoms with Gasteiger partial charge in [-0.05, 0) is 17.9 Å². The van der Waals surface area contributed by atoms with Gasteiger partial charge in [-0.25, -0.2) is 11.8 Å². The standard InChI is InChI=1S/C8H11NS/c1-2-4-8-7(3-1)9-5-6-10-8/h1-4,9H,5-6,10H2. The molecule has 0 aromatic heterocycles. The minimum atomic E-state index is 1.01. The third-order valence-corrected chi connectivity index (χ3v) is 3.00. The highest BCUT2D eigenvalue weighted by atomic mass is 32.2. The topological polar surface area (TPSA) is 12.0 Å². The van der Waals surface area contributed by atoms with Crippen LogP contribution in [0, 0.1) is 0 Å². The first-order chi connectivity index (χ1) is 4.97. The molecule has 0 unspecified atom stereocenters. The van der Waals surface area contributed by atoms with E-state index in [1.807, 2.05) is 0 Å². The molecule has 1 aromatic carbocycles. The monoisotopic (exact) mass is 153 g/mol. The minimum Gasteiger partial charge on any atom is -0.383 e. The summed E-state index contributed by atoms with van der Waals surface area (Å²) in [5.41, 5.74) is 1.34. The molecule has 0 radical (unpaired) electrons. The lowest BCUT2D eigenvalue weighted by Crippen LogP contribution is -2.09. The zero-order valence-corrected chi connectivity index (χ0v) is 6.72. The Bertz CT molecular complexity index is 209. The van der Waals surface area contributed by atoms with E-state index in [0.29, 0.717) is 0 Å². The molecular weight excluding hydrogens is 142 g/mol. The maximum absolute atomic E-state index is 3.37. The predicted octanol–water partition coefficient (Wildman–Crippen LogP) is 1.67. The fraction of sp³-hybridized carbons (Fsp3) is 0.250. The van der Waals surface area contributed by atoms with E-state index in [4.69, 9.17) is 0 Å². The van der Waals surface area contributed by atoms with Gasteiger partial charge in [-0.1, -0.05) is 12.1 Å². The number of para-hydroxylation sites is 1. The van der Waals surface area contributed by atoms with Crippen molar-refractivity contribution in [1.29, 1.82) is 0 Å². The van der Waals surface area contributed by atoms with E-state index in [0.717, 1.165) is 18.3 Å². The molecule has 54 valence electrons. The molecule has 1 aromatic rings. The molecule has 0 amide bonds. The maximum atomic E-state index is 3.37. The summed E-state index contributed by atoms with van der Waals surface area (Å²) >= 11 is 1.01. The Morgan fingerprint density at radius 2 is 2.20 bits per heavy atom. The normalized spacial score (nSPS) is 19.6. The van der Waals surface area contributed by atoms with E-state index in [-0.39, 0.29) is 0 Å². The SMILES string of the molecule is c1ccc2c(c1)NCC[SH2]2. The molecule has 1 aliphatic rings. The summed E-state index contributed by atoms with van der Waals surface area (Å²) in [5.74, 6) is 1.30. The molecule has 0 saturated carbocycles. The van der Waals surface area contributed by atoms with Gasteiger partial charge in [0.15, 0.2) is 0 Å². The number of hydrogen-bond acceptors (Lipinski definition) is 1. The average molecular weight is 153 g/mol. The highest BCUT2D eigenvalue weighted by Crippen LogP contribution is 2.29. The molecule has 2 rings (SSSR count).